The van der Waals surface area contributed by atoms with Gasteiger partial charge in [0.05, 0.1) is 6.61 Å². The maximum atomic E-state index is 8.70. The van der Waals surface area contributed by atoms with E-state index in [4.69, 9.17) is 16.6 Å². The van der Waals surface area contributed by atoms with Crippen LogP contribution in [0.4, 0.5) is 0 Å². The Bertz CT molecular complexity index is 129. The standard InChI is InChI=1S/C10H24N2O.C3H8/c1-8(6-9(2)11)4-3-5-10(12)7-13;1-3-2/h8-10,13H,3-7,11-12H2,1-2H3;3H2,1-2H3/t8?,9?,10-;/m1./s1. The second-order valence-corrected chi connectivity index (χ2v) is 4.90. The normalized spacial score (nSPS) is 15.9. The van der Waals surface area contributed by atoms with Gasteiger partial charge in [-0.1, -0.05) is 40.0 Å². The SMILES string of the molecule is CC(N)CC(C)CCC[C@@H](N)CO.CCC. The van der Waals surface area contributed by atoms with Gasteiger partial charge in [-0.25, -0.2) is 0 Å². The van der Waals surface area contributed by atoms with E-state index >= 15 is 0 Å². The molecule has 3 nitrogen and oxygen atoms in total. The summed E-state index contributed by atoms with van der Waals surface area (Å²) in [5, 5.41) is 8.70. The van der Waals surface area contributed by atoms with Gasteiger partial charge < -0.3 is 16.6 Å². The summed E-state index contributed by atoms with van der Waals surface area (Å²) in [6.45, 7) is 8.60. The Labute approximate surface area is 102 Å². The lowest BCUT2D eigenvalue weighted by Crippen LogP contribution is -2.24. The molecule has 0 aliphatic heterocycles. The Kier molecular flexibility index (Phi) is 14.8. The van der Waals surface area contributed by atoms with Crippen LogP contribution in [0, 0.1) is 5.92 Å². The zero-order valence-corrected chi connectivity index (χ0v) is 11.6. The fourth-order valence-corrected chi connectivity index (χ4v) is 1.57. The molecule has 3 atom stereocenters. The van der Waals surface area contributed by atoms with Crippen molar-refractivity contribution >= 4 is 0 Å². The van der Waals surface area contributed by atoms with Crippen LogP contribution in [0.25, 0.3) is 0 Å². The predicted octanol–water partition coefficient (Wildman–Crippen LogP) is 2.27. The molecule has 3 heteroatoms. The molecular formula is C13H32N2O. The lowest BCUT2D eigenvalue weighted by atomic mass is 9.96. The maximum Gasteiger partial charge on any atom is 0.0582 e. The van der Waals surface area contributed by atoms with E-state index in [1.165, 1.54) is 6.42 Å². The third kappa shape index (κ3) is 16.3. The quantitative estimate of drug-likeness (QED) is 0.630. The summed E-state index contributed by atoms with van der Waals surface area (Å²) in [6, 6.07) is 0.254. The molecule has 2 unspecified atom stereocenters. The highest BCUT2D eigenvalue weighted by atomic mass is 16.3. The molecule has 5 N–H and O–H groups in total. The number of hydrogen-bond acceptors (Lipinski definition) is 3. The summed E-state index contributed by atoms with van der Waals surface area (Å²) in [7, 11) is 0. The Morgan fingerprint density at radius 2 is 1.56 bits per heavy atom. The third-order valence-corrected chi connectivity index (χ3v) is 2.28. The summed E-state index contributed by atoms with van der Waals surface area (Å²) >= 11 is 0. The van der Waals surface area contributed by atoms with Crippen molar-refractivity contribution in [1.29, 1.82) is 0 Å². The number of hydrogen-bond donors (Lipinski definition) is 3. The molecule has 0 rings (SSSR count). The van der Waals surface area contributed by atoms with Gasteiger partial charge in [0.1, 0.15) is 0 Å². The minimum atomic E-state index is -0.0394. The van der Waals surface area contributed by atoms with E-state index < -0.39 is 0 Å². The zero-order valence-electron chi connectivity index (χ0n) is 11.6. The average Bonchev–Trinajstić information content (AvgIpc) is 2.17. The van der Waals surface area contributed by atoms with E-state index in [0.717, 1.165) is 25.7 Å². The first-order valence-corrected chi connectivity index (χ1v) is 6.59. The summed E-state index contributed by atoms with van der Waals surface area (Å²) in [5.41, 5.74) is 11.3. The van der Waals surface area contributed by atoms with Crippen molar-refractivity contribution in [3.05, 3.63) is 0 Å². The Hall–Kier alpha value is -0.120. The third-order valence-electron chi connectivity index (χ3n) is 2.28. The molecule has 0 heterocycles. The molecule has 0 aliphatic rings. The topological polar surface area (TPSA) is 72.3 Å². The maximum absolute atomic E-state index is 8.70. The van der Waals surface area contributed by atoms with Crippen LogP contribution in [-0.4, -0.2) is 23.8 Å². The molecule has 100 valence electrons. The molecule has 0 aliphatic carbocycles. The highest BCUT2D eigenvalue weighted by Gasteiger charge is 2.06. The summed E-state index contributed by atoms with van der Waals surface area (Å²) in [5.74, 6) is 0.672. The van der Waals surface area contributed by atoms with Crippen LogP contribution in [0.5, 0.6) is 0 Å². The first-order valence-electron chi connectivity index (χ1n) is 6.59. The first-order chi connectivity index (χ1) is 7.47. The molecule has 0 amide bonds. The highest BCUT2D eigenvalue weighted by Crippen LogP contribution is 2.13. The van der Waals surface area contributed by atoms with Gasteiger partial charge in [0.2, 0.25) is 0 Å². The minimum Gasteiger partial charge on any atom is -0.395 e. The molecule has 0 fully saturated rings. The van der Waals surface area contributed by atoms with E-state index in [9.17, 15) is 0 Å². The van der Waals surface area contributed by atoms with Crippen LogP contribution >= 0.6 is 0 Å². The summed E-state index contributed by atoms with van der Waals surface area (Å²) in [4.78, 5) is 0. The van der Waals surface area contributed by atoms with Crippen molar-refractivity contribution < 1.29 is 5.11 Å². The van der Waals surface area contributed by atoms with Crippen LogP contribution in [0.1, 0.15) is 59.8 Å². The molecule has 0 aromatic rings. The number of nitrogens with two attached hydrogens (primary N) is 2. The van der Waals surface area contributed by atoms with Gasteiger partial charge in [0, 0.05) is 12.1 Å². The Balaban J connectivity index is 0. The van der Waals surface area contributed by atoms with Gasteiger partial charge >= 0.3 is 0 Å². The van der Waals surface area contributed by atoms with Crippen LogP contribution in [0.2, 0.25) is 0 Å². The van der Waals surface area contributed by atoms with E-state index in [1.54, 1.807) is 0 Å². The van der Waals surface area contributed by atoms with Crippen molar-refractivity contribution in [2.24, 2.45) is 17.4 Å². The zero-order chi connectivity index (χ0) is 13.0. The predicted molar refractivity (Wildman–Crippen MR) is 72.3 cm³/mol. The average molecular weight is 232 g/mol. The van der Waals surface area contributed by atoms with Crippen molar-refractivity contribution in [1.82, 2.24) is 0 Å². The Morgan fingerprint density at radius 1 is 1.06 bits per heavy atom. The minimum absolute atomic E-state index is 0.0394. The second-order valence-electron chi connectivity index (χ2n) is 4.90. The number of aliphatic hydroxyl groups excluding tert-OH is 1. The molecule has 0 aromatic heterocycles. The Morgan fingerprint density at radius 3 is 1.94 bits per heavy atom. The number of aliphatic hydroxyl groups is 1. The van der Waals surface area contributed by atoms with E-state index in [0.29, 0.717) is 12.0 Å². The van der Waals surface area contributed by atoms with Crippen molar-refractivity contribution in [3.63, 3.8) is 0 Å². The van der Waals surface area contributed by atoms with E-state index in [2.05, 4.69) is 20.8 Å². The van der Waals surface area contributed by atoms with Crippen molar-refractivity contribution in [2.75, 3.05) is 6.61 Å². The van der Waals surface area contributed by atoms with Crippen LogP contribution in [-0.2, 0) is 0 Å². The first kappa shape index (κ1) is 18.3. The highest BCUT2D eigenvalue weighted by molar-refractivity contribution is 4.64. The lowest BCUT2D eigenvalue weighted by Gasteiger charge is -2.14. The van der Waals surface area contributed by atoms with Gasteiger partial charge in [-0.3, -0.25) is 0 Å². The molecule has 0 aromatic carbocycles. The van der Waals surface area contributed by atoms with Gasteiger partial charge in [-0.15, -0.1) is 0 Å². The summed E-state index contributed by atoms with van der Waals surface area (Å²) in [6.07, 6.45) is 5.50. The van der Waals surface area contributed by atoms with Crippen molar-refractivity contribution in [2.45, 2.75) is 71.9 Å². The second kappa shape index (κ2) is 12.9. The smallest absolute Gasteiger partial charge is 0.0582 e. The van der Waals surface area contributed by atoms with Crippen molar-refractivity contribution in [3.8, 4) is 0 Å². The molecule has 0 spiro atoms. The number of rotatable bonds is 7. The van der Waals surface area contributed by atoms with E-state index in [1.807, 2.05) is 6.92 Å². The molecule has 0 saturated carbocycles. The lowest BCUT2D eigenvalue weighted by molar-refractivity contribution is 0.255. The van der Waals surface area contributed by atoms with Gasteiger partial charge in [0.15, 0.2) is 0 Å². The molecule has 16 heavy (non-hydrogen) atoms. The van der Waals surface area contributed by atoms with E-state index in [-0.39, 0.29) is 12.6 Å². The van der Waals surface area contributed by atoms with Gasteiger partial charge in [-0.05, 0) is 25.7 Å². The largest absolute Gasteiger partial charge is 0.395 e. The van der Waals surface area contributed by atoms with Gasteiger partial charge in [-0.2, -0.15) is 0 Å². The molecule has 0 radical (unpaired) electrons. The molecule has 0 bridgehead atoms. The monoisotopic (exact) mass is 232 g/mol. The summed E-state index contributed by atoms with van der Waals surface area (Å²) < 4.78 is 0. The fraction of sp³-hybridized carbons (Fsp3) is 1.00. The van der Waals surface area contributed by atoms with Crippen LogP contribution in [0.3, 0.4) is 0 Å². The van der Waals surface area contributed by atoms with Crippen LogP contribution < -0.4 is 11.5 Å². The molecule has 0 saturated heterocycles. The van der Waals surface area contributed by atoms with Gasteiger partial charge in [0.25, 0.3) is 0 Å². The molecular weight excluding hydrogens is 200 g/mol. The van der Waals surface area contributed by atoms with Crippen LogP contribution in [0.15, 0.2) is 0 Å². The fourth-order valence-electron chi connectivity index (χ4n) is 1.57.